The van der Waals surface area contributed by atoms with E-state index < -0.39 is 10.0 Å². The van der Waals surface area contributed by atoms with Crippen molar-refractivity contribution in [3.63, 3.8) is 0 Å². The van der Waals surface area contributed by atoms with Crippen LogP contribution in [0.5, 0.6) is 5.75 Å². The van der Waals surface area contributed by atoms with Crippen molar-refractivity contribution in [2.75, 3.05) is 30.8 Å². The number of methoxy groups -OCH3 is 1. The molecule has 2 aromatic carbocycles. The molecule has 0 heterocycles. The highest BCUT2D eigenvalue weighted by Gasteiger charge is 2.19. The summed E-state index contributed by atoms with van der Waals surface area (Å²) in [6, 6.07) is 12.9. The normalized spacial score (nSPS) is 11.1. The van der Waals surface area contributed by atoms with Crippen LogP contribution in [0.25, 0.3) is 0 Å². The molecular weight excluding hydrogens is 364 g/mol. The van der Waals surface area contributed by atoms with E-state index in [2.05, 4.69) is 5.32 Å². The Bertz CT molecular complexity index is 893. The van der Waals surface area contributed by atoms with Crippen LogP contribution in [0.4, 0.5) is 5.69 Å². The summed E-state index contributed by atoms with van der Waals surface area (Å²) in [5.74, 6) is 0.575. The van der Waals surface area contributed by atoms with Crippen LogP contribution >= 0.6 is 0 Å². The molecule has 2 aromatic rings. The van der Waals surface area contributed by atoms with Gasteiger partial charge in [0.25, 0.3) is 0 Å². The molecule has 0 radical (unpaired) electrons. The number of amides is 1. The standard InChI is InChI=1S/C20H26N2O4S/c1-15-5-6-16(2)19(13-15)22(27(4,24)25)12-11-21-20(23)14-17-7-9-18(26-3)10-8-17/h5-10,13H,11-12,14H2,1-4H3,(H,21,23). The highest BCUT2D eigenvalue weighted by molar-refractivity contribution is 7.92. The van der Waals surface area contributed by atoms with Gasteiger partial charge in [0.1, 0.15) is 5.75 Å². The van der Waals surface area contributed by atoms with Gasteiger partial charge in [0.05, 0.1) is 32.0 Å². The Balaban J connectivity index is 1.99. The summed E-state index contributed by atoms with van der Waals surface area (Å²) in [5, 5.41) is 2.79. The van der Waals surface area contributed by atoms with E-state index in [0.29, 0.717) is 5.69 Å². The molecule has 0 aliphatic rings. The predicted octanol–water partition coefficient (Wildman–Crippen LogP) is 2.44. The Morgan fingerprint density at radius 3 is 2.37 bits per heavy atom. The SMILES string of the molecule is COc1ccc(CC(=O)NCCN(c2cc(C)ccc2C)S(C)(=O)=O)cc1. The van der Waals surface area contributed by atoms with Crippen molar-refractivity contribution in [1.82, 2.24) is 5.32 Å². The number of anilines is 1. The molecule has 0 bridgehead atoms. The Morgan fingerprint density at radius 2 is 1.78 bits per heavy atom. The first-order valence-corrected chi connectivity index (χ1v) is 10.5. The molecule has 0 saturated heterocycles. The van der Waals surface area contributed by atoms with Crippen LogP contribution in [0.1, 0.15) is 16.7 Å². The lowest BCUT2D eigenvalue weighted by Crippen LogP contribution is -2.39. The van der Waals surface area contributed by atoms with Crippen molar-refractivity contribution in [2.24, 2.45) is 0 Å². The van der Waals surface area contributed by atoms with Crippen LogP contribution < -0.4 is 14.4 Å². The van der Waals surface area contributed by atoms with Crippen LogP contribution in [0.15, 0.2) is 42.5 Å². The van der Waals surface area contributed by atoms with Gasteiger partial charge in [0.2, 0.25) is 15.9 Å². The number of ether oxygens (including phenoxy) is 1. The fourth-order valence-corrected chi connectivity index (χ4v) is 3.72. The second kappa shape index (κ2) is 8.90. The zero-order valence-corrected chi connectivity index (χ0v) is 17.0. The summed E-state index contributed by atoms with van der Waals surface area (Å²) in [6.07, 6.45) is 1.40. The van der Waals surface area contributed by atoms with E-state index in [4.69, 9.17) is 4.74 Å². The third-order valence-electron chi connectivity index (χ3n) is 4.19. The first kappa shape index (κ1) is 20.8. The third-order valence-corrected chi connectivity index (χ3v) is 5.37. The van der Waals surface area contributed by atoms with E-state index in [0.717, 1.165) is 22.4 Å². The Labute approximate surface area is 161 Å². The topological polar surface area (TPSA) is 75.7 Å². The predicted molar refractivity (Wildman–Crippen MR) is 108 cm³/mol. The summed E-state index contributed by atoms with van der Waals surface area (Å²) < 4.78 is 30.9. The fourth-order valence-electron chi connectivity index (χ4n) is 2.74. The number of nitrogens with zero attached hydrogens (tertiary/aromatic N) is 1. The average molecular weight is 391 g/mol. The van der Waals surface area contributed by atoms with E-state index in [-0.39, 0.29) is 25.4 Å². The van der Waals surface area contributed by atoms with E-state index >= 15 is 0 Å². The number of hydrogen-bond donors (Lipinski definition) is 1. The highest BCUT2D eigenvalue weighted by Crippen LogP contribution is 2.23. The summed E-state index contributed by atoms with van der Waals surface area (Å²) in [5.41, 5.74) is 3.35. The summed E-state index contributed by atoms with van der Waals surface area (Å²) in [6.45, 7) is 4.20. The number of carbonyl (C=O) groups excluding carboxylic acids is 1. The third kappa shape index (κ3) is 5.99. The van der Waals surface area contributed by atoms with Crippen molar-refractivity contribution in [3.8, 4) is 5.75 Å². The number of rotatable bonds is 8. The molecule has 0 unspecified atom stereocenters. The van der Waals surface area contributed by atoms with Crippen LogP contribution in [-0.4, -0.2) is 40.8 Å². The van der Waals surface area contributed by atoms with Crippen molar-refractivity contribution < 1.29 is 17.9 Å². The Morgan fingerprint density at radius 1 is 1.11 bits per heavy atom. The van der Waals surface area contributed by atoms with Crippen molar-refractivity contribution in [2.45, 2.75) is 20.3 Å². The van der Waals surface area contributed by atoms with Gasteiger partial charge in [0, 0.05) is 6.54 Å². The van der Waals surface area contributed by atoms with E-state index in [1.165, 1.54) is 10.6 Å². The Hall–Kier alpha value is -2.54. The van der Waals surface area contributed by atoms with Gasteiger partial charge in [-0.3, -0.25) is 9.10 Å². The minimum atomic E-state index is -3.45. The maximum Gasteiger partial charge on any atom is 0.232 e. The average Bonchev–Trinajstić information content (AvgIpc) is 2.61. The maximum atomic E-state index is 12.2. The molecule has 0 atom stereocenters. The van der Waals surface area contributed by atoms with Gasteiger partial charge in [-0.2, -0.15) is 0 Å². The van der Waals surface area contributed by atoms with E-state index in [9.17, 15) is 13.2 Å². The smallest absolute Gasteiger partial charge is 0.232 e. The summed E-state index contributed by atoms with van der Waals surface area (Å²) in [7, 11) is -1.87. The number of sulfonamides is 1. The quantitative estimate of drug-likeness (QED) is 0.751. The summed E-state index contributed by atoms with van der Waals surface area (Å²) in [4.78, 5) is 12.1. The molecule has 0 aromatic heterocycles. The van der Waals surface area contributed by atoms with Gasteiger partial charge in [-0.25, -0.2) is 8.42 Å². The molecule has 0 spiro atoms. The lowest BCUT2D eigenvalue weighted by molar-refractivity contribution is -0.120. The lowest BCUT2D eigenvalue weighted by Gasteiger charge is -2.24. The van der Waals surface area contributed by atoms with E-state index in [1.807, 2.05) is 44.2 Å². The second-order valence-corrected chi connectivity index (χ2v) is 8.41. The molecule has 0 aliphatic heterocycles. The number of carbonyl (C=O) groups is 1. The number of aryl methyl sites for hydroxylation is 2. The van der Waals surface area contributed by atoms with Gasteiger partial charge in [0.15, 0.2) is 0 Å². The molecule has 2 rings (SSSR count). The molecule has 0 aliphatic carbocycles. The van der Waals surface area contributed by atoms with E-state index in [1.54, 1.807) is 19.2 Å². The molecule has 1 N–H and O–H groups in total. The Kier molecular flexibility index (Phi) is 6.85. The van der Waals surface area contributed by atoms with Crippen LogP contribution in [0.2, 0.25) is 0 Å². The molecule has 0 saturated carbocycles. The zero-order valence-electron chi connectivity index (χ0n) is 16.2. The van der Waals surface area contributed by atoms with Crippen molar-refractivity contribution in [3.05, 3.63) is 59.2 Å². The number of benzene rings is 2. The minimum Gasteiger partial charge on any atom is -0.497 e. The van der Waals surface area contributed by atoms with Gasteiger partial charge in [-0.05, 0) is 48.7 Å². The monoisotopic (exact) mass is 390 g/mol. The fraction of sp³-hybridized carbons (Fsp3) is 0.350. The molecule has 0 fully saturated rings. The van der Waals surface area contributed by atoms with Crippen LogP contribution in [0, 0.1) is 13.8 Å². The maximum absolute atomic E-state index is 12.2. The van der Waals surface area contributed by atoms with Gasteiger partial charge >= 0.3 is 0 Å². The highest BCUT2D eigenvalue weighted by atomic mass is 32.2. The van der Waals surface area contributed by atoms with Gasteiger partial charge in [-0.15, -0.1) is 0 Å². The largest absolute Gasteiger partial charge is 0.497 e. The number of nitrogens with one attached hydrogen (secondary N) is 1. The van der Waals surface area contributed by atoms with Crippen molar-refractivity contribution >= 4 is 21.6 Å². The minimum absolute atomic E-state index is 0.158. The first-order chi connectivity index (χ1) is 12.7. The van der Waals surface area contributed by atoms with Gasteiger partial charge < -0.3 is 10.1 Å². The molecule has 27 heavy (non-hydrogen) atoms. The molecule has 7 heteroatoms. The number of hydrogen-bond acceptors (Lipinski definition) is 4. The van der Waals surface area contributed by atoms with Crippen molar-refractivity contribution in [1.29, 1.82) is 0 Å². The molecular formula is C20H26N2O4S. The van der Waals surface area contributed by atoms with Crippen LogP contribution in [-0.2, 0) is 21.2 Å². The van der Waals surface area contributed by atoms with Crippen LogP contribution in [0.3, 0.4) is 0 Å². The van der Waals surface area contributed by atoms with Gasteiger partial charge in [-0.1, -0.05) is 24.3 Å². The molecule has 6 nitrogen and oxygen atoms in total. The summed E-state index contributed by atoms with van der Waals surface area (Å²) >= 11 is 0. The molecule has 146 valence electrons. The lowest BCUT2D eigenvalue weighted by atomic mass is 10.1. The second-order valence-electron chi connectivity index (χ2n) is 6.50. The molecule has 1 amide bonds. The first-order valence-electron chi connectivity index (χ1n) is 8.65. The zero-order chi connectivity index (χ0) is 20.0.